The molecule has 0 saturated heterocycles. The quantitative estimate of drug-likeness (QED) is 0.744. The summed E-state index contributed by atoms with van der Waals surface area (Å²) in [5, 5.41) is 10.7. The number of ether oxygens (including phenoxy) is 3. The zero-order valence-electron chi connectivity index (χ0n) is 14.9. The zero-order valence-corrected chi connectivity index (χ0v) is 15.7. The normalized spacial score (nSPS) is 15.4. The second-order valence-electron chi connectivity index (χ2n) is 6.19. The summed E-state index contributed by atoms with van der Waals surface area (Å²) in [6.45, 7) is 3.20. The molecule has 1 atom stereocenters. The molecule has 27 heavy (non-hydrogen) atoms. The van der Waals surface area contributed by atoms with E-state index in [2.05, 4.69) is 4.72 Å². The molecule has 0 fully saturated rings. The Balaban J connectivity index is 1.75. The maximum Gasteiger partial charge on any atom is 0.240 e. The van der Waals surface area contributed by atoms with Crippen LogP contribution in [0.5, 0.6) is 17.2 Å². The van der Waals surface area contributed by atoms with E-state index in [4.69, 9.17) is 14.2 Å². The van der Waals surface area contributed by atoms with Crippen LogP contribution in [0.15, 0.2) is 41.3 Å². The molecule has 2 N–H and O–H groups in total. The lowest BCUT2D eigenvalue weighted by molar-refractivity contribution is 0.0625. The predicted molar refractivity (Wildman–Crippen MR) is 94.9 cm³/mol. The minimum atomic E-state index is -4.03. The monoisotopic (exact) mass is 397 g/mol. The highest BCUT2D eigenvalue weighted by Crippen LogP contribution is 2.35. The van der Waals surface area contributed by atoms with E-state index in [0.29, 0.717) is 17.1 Å². The lowest BCUT2D eigenvalue weighted by Gasteiger charge is -2.24. The maximum absolute atomic E-state index is 13.9. The molecule has 1 heterocycles. The summed E-state index contributed by atoms with van der Waals surface area (Å²) in [4.78, 5) is -0.259. The molecule has 7 nitrogen and oxygen atoms in total. The van der Waals surface area contributed by atoms with Crippen molar-refractivity contribution in [1.82, 2.24) is 4.72 Å². The van der Waals surface area contributed by atoms with Crippen LogP contribution in [0, 0.1) is 5.82 Å². The lowest BCUT2D eigenvalue weighted by atomic mass is 9.96. The van der Waals surface area contributed by atoms with Crippen LogP contribution >= 0.6 is 0 Å². The van der Waals surface area contributed by atoms with Crippen molar-refractivity contribution in [3.8, 4) is 17.2 Å². The summed E-state index contributed by atoms with van der Waals surface area (Å²) in [7, 11) is -4.03. The molecular weight excluding hydrogens is 377 g/mol. The second kappa shape index (κ2) is 7.34. The summed E-state index contributed by atoms with van der Waals surface area (Å²) in [6, 6.07) is 8.23. The van der Waals surface area contributed by atoms with Crippen LogP contribution in [0.3, 0.4) is 0 Å². The first-order chi connectivity index (χ1) is 12.7. The van der Waals surface area contributed by atoms with E-state index >= 15 is 0 Å². The Bertz CT molecular complexity index is 945. The fourth-order valence-electron chi connectivity index (χ4n) is 2.57. The van der Waals surface area contributed by atoms with Gasteiger partial charge in [-0.25, -0.2) is 17.5 Å². The van der Waals surface area contributed by atoms with Gasteiger partial charge in [-0.2, -0.15) is 0 Å². The Hall–Kier alpha value is -2.36. The molecule has 0 aliphatic carbocycles. The molecule has 0 amide bonds. The number of sulfonamides is 1. The van der Waals surface area contributed by atoms with Crippen molar-refractivity contribution in [2.24, 2.45) is 0 Å². The third kappa shape index (κ3) is 4.15. The largest absolute Gasteiger partial charge is 0.491 e. The summed E-state index contributed by atoms with van der Waals surface area (Å²) >= 11 is 0. The number of nitrogens with one attached hydrogen (secondary N) is 1. The molecule has 2 aromatic carbocycles. The number of rotatable bonds is 7. The van der Waals surface area contributed by atoms with Crippen molar-refractivity contribution in [1.29, 1.82) is 0 Å². The van der Waals surface area contributed by atoms with Gasteiger partial charge in [0.15, 0.2) is 23.1 Å². The topological polar surface area (TPSA) is 94.1 Å². The van der Waals surface area contributed by atoms with Gasteiger partial charge in [0, 0.05) is 6.54 Å². The molecule has 1 aliphatic heterocycles. The van der Waals surface area contributed by atoms with Crippen LogP contribution in [0.25, 0.3) is 0 Å². The van der Waals surface area contributed by atoms with Gasteiger partial charge in [-0.05, 0) is 49.7 Å². The minimum Gasteiger partial charge on any atom is -0.491 e. The number of fused-ring (bicyclic) bond motifs is 1. The van der Waals surface area contributed by atoms with Crippen molar-refractivity contribution in [3.63, 3.8) is 0 Å². The number of hydrogen-bond acceptors (Lipinski definition) is 6. The molecule has 3 rings (SSSR count). The van der Waals surface area contributed by atoms with Crippen molar-refractivity contribution < 1.29 is 32.1 Å². The van der Waals surface area contributed by atoms with Gasteiger partial charge in [0.05, 0.1) is 11.5 Å². The summed E-state index contributed by atoms with van der Waals surface area (Å²) in [5.74, 6) is 0.232. The van der Waals surface area contributed by atoms with Crippen molar-refractivity contribution in [3.05, 3.63) is 47.8 Å². The Kier molecular flexibility index (Phi) is 5.27. The molecule has 1 unspecified atom stereocenters. The smallest absolute Gasteiger partial charge is 0.240 e. The standard InChI is InChI=1S/C18H20FNO6S/c1-3-24-15-7-5-13(9-14(15)19)27(22,23)20-10-18(2,21)12-4-6-16-17(8-12)26-11-25-16/h4-9,20-21H,3,10-11H2,1-2H3. The van der Waals surface area contributed by atoms with Crippen LogP contribution in [-0.2, 0) is 15.6 Å². The summed E-state index contributed by atoms with van der Waals surface area (Å²) < 4.78 is 56.7. The van der Waals surface area contributed by atoms with Crippen molar-refractivity contribution >= 4 is 10.0 Å². The highest BCUT2D eigenvalue weighted by atomic mass is 32.2. The number of benzene rings is 2. The molecule has 0 aromatic heterocycles. The van der Waals surface area contributed by atoms with Crippen LogP contribution in [0.1, 0.15) is 19.4 Å². The molecule has 2 aromatic rings. The molecule has 1 aliphatic rings. The highest BCUT2D eigenvalue weighted by Gasteiger charge is 2.28. The Labute approximate surface area is 156 Å². The number of hydrogen-bond donors (Lipinski definition) is 2. The van der Waals surface area contributed by atoms with E-state index in [-0.39, 0.29) is 30.6 Å². The van der Waals surface area contributed by atoms with Gasteiger partial charge in [0.1, 0.15) is 5.60 Å². The molecule has 0 spiro atoms. The highest BCUT2D eigenvalue weighted by molar-refractivity contribution is 7.89. The zero-order chi connectivity index (χ0) is 19.7. The van der Waals surface area contributed by atoms with Crippen LogP contribution in [0.2, 0.25) is 0 Å². The Morgan fingerprint density at radius 2 is 1.96 bits per heavy atom. The number of halogens is 1. The number of aliphatic hydroxyl groups is 1. The fraction of sp³-hybridized carbons (Fsp3) is 0.333. The van der Waals surface area contributed by atoms with Gasteiger partial charge in [-0.3, -0.25) is 0 Å². The molecular formula is C18H20FNO6S. The predicted octanol–water partition coefficient (Wildman–Crippen LogP) is 2.14. The van der Waals surface area contributed by atoms with Gasteiger partial charge in [0.25, 0.3) is 0 Å². The minimum absolute atomic E-state index is 0.0243. The summed E-state index contributed by atoms with van der Waals surface area (Å²) in [5.41, 5.74) is -1.06. The van der Waals surface area contributed by atoms with Crippen LogP contribution in [-0.4, -0.2) is 33.5 Å². The second-order valence-corrected chi connectivity index (χ2v) is 7.96. The Morgan fingerprint density at radius 1 is 1.22 bits per heavy atom. The van der Waals surface area contributed by atoms with E-state index in [0.717, 1.165) is 6.07 Å². The first-order valence-electron chi connectivity index (χ1n) is 8.27. The van der Waals surface area contributed by atoms with E-state index in [1.165, 1.54) is 19.1 Å². The van der Waals surface area contributed by atoms with Crippen molar-refractivity contribution in [2.75, 3.05) is 19.9 Å². The van der Waals surface area contributed by atoms with Gasteiger partial charge >= 0.3 is 0 Å². The lowest BCUT2D eigenvalue weighted by Crippen LogP contribution is -2.38. The molecule has 0 radical (unpaired) electrons. The van der Waals surface area contributed by atoms with Crippen LogP contribution in [0.4, 0.5) is 4.39 Å². The molecule has 0 bridgehead atoms. The van der Waals surface area contributed by atoms with Gasteiger partial charge in [0.2, 0.25) is 16.8 Å². The molecule has 146 valence electrons. The van der Waals surface area contributed by atoms with Gasteiger partial charge in [-0.1, -0.05) is 6.07 Å². The third-order valence-electron chi connectivity index (χ3n) is 4.11. The molecule has 0 saturated carbocycles. The average molecular weight is 397 g/mol. The average Bonchev–Trinajstić information content (AvgIpc) is 3.10. The summed E-state index contributed by atoms with van der Waals surface area (Å²) in [6.07, 6.45) is 0. The van der Waals surface area contributed by atoms with Gasteiger partial charge < -0.3 is 19.3 Å². The third-order valence-corrected chi connectivity index (χ3v) is 5.51. The first-order valence-corrected chi connectivity index (χ1v) is 9.76. The van der Waals surface area contributed by atoms with Crippen molar-refractivity contribution in [2.45, 2.75) is 24.3 Å². The Morgan fingerprint density at radius 3 is 2.67 bits per heavy atom. The SMILES string of the molecule is CCOc1ccc(S(=O)(=O)NCC(C)(O)c2ccc3c(c2)OCO3)cc1F. The van der Waals surface area contributed by atoms with E-state index in [1.807, 2.05) is 0 Å². The van der Waals surface area contributed by atoms with E-state index in [9.17, 15) is 17.9 Å². The maximum atomic E-state index is 13.9. The molecule has 9 heteroatoms. The van der Waals surface area contributed by atoms with Gasteiger partial charge in [-0.15, -0.1) is 0 Å². The van der Waals surface area contributed by atoms with E-state index < -0.39 is 21.4 Å². The first kappa shape index (κ1) is 19.4. The van der Waals surface area contributed by atoms with E-state index in [1.54, 1.807) is 25.1 Å². The fourth-order valence-corrected chi connectivity index (χ4v) is 3.72. The van der Waals surface area contributed by atoms with Crippen LogP contribution < -0.4 is 18.9 Å².